The lowest BCUT2D eigenvalue weighted by Crippen LogP contribution is -2.41. The summed E-state index contributed by atoms with van der Waals surface area (Å²) in [5.41, 5.74) is 2.39. The summed E-state index contributed by atoms with van der Waals surface area (Å²) in [4.78, 5) is 32.6. The Morgan fingerprint density at radius 2 is 1.94 bits per heavy atom. The molecule has 31 heavy (non-hydrogen) atoms. The van der Waals surface area contributed by atoms with E-state index in [0.29, 0.717) is 16.8 Å². The van der Waals surface area contributed by atoms with Crippen LogP contribution in [0.5, 0.6) is 0 Å². The second-order valence-electron chi connectivity index (χ2n) is 7.17. The zero-order valence-electron chi connectivity index (χ0n) is 16.8. The van der Waals surface area contributed by atoms with Crippen molar-refractivity contribution in [2.45, 2.75) is 25.9 Å². The third kappa shape index (κ3) is 4.80. The zero-order valence-corrected chi connectivity index (χ0v) is 17.7. The topological polar surface area (TPSA) is 79.2 Å². The molecule has 2 aromatic heterocycles. The molecule has 0 bridgehead atoms. The van der Waals surface area contributed by atoms with Gasteiger partial charge >= 0.3 is 0 Å². The maximum absolute atomic E-state index is 14.0. The van der Waals surface area contributed by atoms with E-state index < -0.39 is 11.9 Å². The SMILES string of the molecule is CC(=O)NC(Cc1c[nH]c2ccccc12)C(=O)N=c1sccn1Cc1ccccc1F. The summed E-state index contributed by atoms with van der Waals surface area (Å²) >= 11 is 1.28. The van der Waals surface area contributed by atoms with Crippen LogP contribution in [0.4, 0.5) is 4.39 Å². The van der Waals surface area contributed by atoms with E-state index >= 15 is 0 Å². The van der Waals surface area contributed by atoms with Crippen LogP contribution in [0, 0.1) is 5.82 Å². The molecule has 0 aliphatic rings. The second kappa shape index (κ2) is 9.09. The molecule has 0 aliphatic carbocycles. The number of aromatic amines is 1. The minimum Gasteiger partial charge on any atom is -0.361 e. The Bertz CT molecular complexity index is 1300. The van der Waals surface area contributed by atoms with Crippen molar-refractivity contribution in [3.05, 3.63) is 88.1 Å². The lowest BCUT2D eigenvalue weighted by molar-refractivity contribution is -0.126. The molecule has 8 heteroatoms. The van der Waals surface area contributed by atoms with Crippen molar-refractivity contribution in [3.63, 3.8) is 0 Å². The molecule has 4 aromatic rings. The fraction of sp³-hybridized carbons (Fsp3) is 0.174. The van der Waals surface area contributed by atoms with Gasteiger partial charge in [-0.1, -0.05) is 36.4 Å². The van der Waals surface area contributed by atoms with Crippen LogP contribution in [-0.4, -0.2) is 27.4 Å². The lowest BCUT2D eigenvalue weighted by atomic mass is 10.0. The molecule has 2 amide bonds. The quantitative estimate of drug-likeness (QED) is 0.486. The number of aromatic nitrogens is 2. The summed E-state index contributed by atoms with van der Waals surface area (Å²) in [6, 6.07) is 13.5. The summed E-state index contributed by atoms with van der Waals surface area (Å²) in [6.07, 6.45) is 3.91. The van der Waals surface area contributed by atoms with Gasteiger partial charge in [0.1, 0.15) is 11.9 Å². The zero-order chi connectivity index (χ0) is 21.8. The predicted octanol–water partition coefficient (Wildman–Crippen LogP) is 3.39. The number of para-hydroxylation sites is 1. The van der Waals surface area contributed by atoms with Gasteiger partial charge in [0.15, 0.2) is 4.80 Å². The fourth-order valence-corrected chi connectivity index (χ4v) is 4.19. The first-order chi connectivity index (χ1) is 15.0. The van der Waals surface area contributed by atoms with Crippen LogP contribution in [0.15, 0.2) is 71.3 Å². The van der Waals surface area contributed by atoms with Gasteiger partial charge in [0.25, 0.3) is 5.91 Å². The van der Waals surface area contributed by atoms with E-state index in [0.717, 1.165) is 16.5 Å². The summed E-state index contributed by atoms with van der Waals surface area (Å²) in [7, 11) is 0. The van der Waals surface area contributed by atoms with Gasteiger partial charge in [-0.25, -0.2) is 4.39 Å². The Labute approximate surface area is 182 Å². The van der Waals surface area contributed by atoms with Gasteiger partial charge in [0.2, 0.25) is 5.91 Å². The van der Waals surface area contributed by atoms with Crippen molar-refractivity contribution in [1.82, 2.24) is 14.9 Å². The highest BCUT2D eigenvalue weighted by molar-refractivity contribution is 7.07. The maximum Gasteiger partial charge on any atom is 0.271 e. The molecular formula is C23H21FN4O2S. The molecule has 1 unspecified atom stereocenters. The van der Waals surface area contributed by atoms with Crippen LogP contribution in [0.2, 0.25) is 0 Å². The smallest absolute Gasteiger partial charge is 0.271 e. The number of hydrogen-bond donors (Lipinski definition) is 2. The number of fused-ring (bicyclic) bond motifs is 1. The van der Waals surface area contributed by atoms with E-state index in [1.54, 1.807) is 34.3 Å². The predicted molar refractivity (Wildman–Crippen MR) is 118 cm³/mol. The molecule has 2 aromatic carbocycles. The van der Waals surface area contributed by atoms with Crippen LogP contribution in [0.3, 0.4) is 0 Å². The number of nitrogens with zero attached hydrogens (tertiary/aromatic N) is 2. The number of carbonyl (C=O) groups is 2. The van der Waals surface area contributed by atoms with Gasteiger partial charge in [-0.05, 0) is 17.7 Å². The molecule has 2 heterocycles. The molecule has 158 valence electrons. The average Bonchev–Trinajstić information content (AvgIpc) is 3.36. The van der Waals surface area contributed by atoms with Crippen LogP contribution < -0.4 is 10.1 Å². The third-order valence-electron chi connectivity index (χ3n) is 4.94. The minimum absolute atomic E-state index is 0.259. The molecule has 0 radical (unpaired) electrons. The van der Waals surface area contributed by atoms with Crippen molar-refractivity contribution in [2.75, 3.05) is 0 Å². The summed E-state index contributed by atoms with van der Waals surface area (Å²) in [5.74, 6) is -1.07. The van der Waals surface area contributed by atoms with Gasteiger partial charge in [-0.3, -0.25) is 9.59 Å². The van der Waals surface area contributed by atoms with E-state index in [4.69, 9.17) is 0 Å². The molecule has 1 atom stereocenters. The van der Waals surface area contributed by atoms with Crippen LogP contribution in [0.25, 0.3) is 10.9 Å². The number of hydrogen-bond acceptors (Lipinski definition) is 3. The fourth-order valence-electron chi connectivity index (χ4n) is 3.46. The molecule has 0 saturated heterocycles. The van der Waals surface area contributed by atoms with Crippen molar-refractivity contribution < 1.29 is 14.0 Å². The Kier molecular flexibility index (Phi) is 6.08. The van der Waals surface area contributed by atoms with E-state index in [1.807, 2.05) is 30.5 Å². The number of benzene rings is 2. The van der Waals surface area contributed by atoms with Gasteiger partial charge in [0, 0.05) is 47.6 Å². The van der Waals surface area contributed by atoms with E-state index in [1.165, 1.54) is 24.3 Å². The molecule has 2 N–H and O–H groups in total. The van der Waals surface area contributed by atoms with Crippen LogP contribution in [-0.2, 0) is 22.6 Å². The molecule has 0 fully saturated rings. The molecule has 0 aliphatic heterocycles. The highest BCUT2D eigenvalue weighted by Gasteiger charge is 2.21. The molecule has 4 rings (SSSR count). The highest BCUT2D eigenvalue weighted by Crippen LogP contribution is 2.19. The van der Waals surface area contributed by atoms with Gasteiger partial charge in [-0.2, -0.15) is 4.99 Å². The Hall–Kier alpha value is -3.52. The van der Waals surface area contributed by atoms with Gasteiger partial charge < -0.3 is 14.9 Å². The first kappa shape index (κ1) is 20.7. The second-order valence-corrected chi connectivity index (χ2v) is 8.04. The molecule has 6 nitrogen and oxygen atoms in total. The first-order valence-electron chi connectivity index (χ1n) is 9.79. The maximum atomic E-state index is 14.0. The van der Waals surface area contributed by atoms with Crippen molar-refractivity contribution >= 4 is 34.1 Å². The number of H-pyrrole nitrogens is 1. The Morgan fingerprint density at radius 3 is 2.74 bits per heavy atom. The Balaban J connectivity index is 1.61. The molecular weight excluding hydrogens is 415 g/mol. The van der Waals surface area contributed by atoms with Crippen molar-refractivity contribution in [3.8, 4) is 0 Å². The van der Waals surface area contributed by atoms with E-state index in [9.17, 15) is 14.0 Å². The number of rotatable bonds is 6. The highest BCUT2D eigenvalue weighted by atomic mass is 32.1. The normalized spacial score (nSPS) is 12.8. The number of amides is 2. The number of nitrogens with one attached hydrogen (secondary N) is 2. The Morgan fingerprint density at radius 1 is 1.16 bits per heavy atom. The van der Waals surface area contributed by atoms with Crippen molar-refractivity contribution in [2.24, 2.45) is 4.99 Å². The van der Waals surface area contributed by atoms with Crippen LogP contribution in [0.1, 0.15) is 18.1 Å². The lowest BCUT2D eigenvalue weighted by Gasteiger charge is -2.14. The largest absolute Gasteiger partial charge is 0.361 e. The summed E-state index contributed by atoms with van der Waals surface area (Å²) in [6.45, 7) is 1.63. The third-order valence-corrected chi connectivity index (χ3v) is 5.73. The van der Waals surface area contributed by atoms with E-state index in [2.05, 4.69) is 15.3 Å². The number of halogens is 1. The standard InChI is InChI=1S/C23H21FN4O2S/c1-15(29)26-21(12-17-13-25-20-9-5-3-7-18(17)20)22(30)27-23-28(10-11-31-23)14-16-6-2-4-8-19(16)24/h2-11,13,21,25H,12,14H2,1H3,(H,26,29). The minimum atomic E-state index is -0.805. The average molecular weight is 437 g/mol. The van der Waals surface area contributed by atoms with Crippen molar-refractivity contribution in [1.29, 1.82) is 0 Å². The van der Waals surface area contributed by atoms with Gasteiger partial charge in [0.05, 0.1) is 6.54 Å². The molecule has 0 saturated carbocycles. The number of carbonyl (C=O) groups excluding carboxylic acids is 2. The monoisotopic (exact) mass is 436 g/mol. The summed E-state index contributed by atoms with van der Waals surface area (Å²) in [5, 5.41) is 5.50. The summed E-state index contributed by atoms with van der Waals surface area (Å²) < 4.78 is 15.7. The van der Waals surface area contributed by atoms with E-state index in [-0.39, 0.29) is 18.3 Å². The molecule has 0 spiro atoms. The number of thiazole rings is 1. The first-order valence-corrected chi connectivity index (χ1v) is 10.7. The van der Waals surface area contributed by atoms with Gasteiger partial charge in [-0.15, -0.1) is 11.3 Å². The van der Waals surface area contributed by atoms with Crippen LogP contribution >= 0.6 is 11.3 Å².